The Morgan fingerprint density at radius 2 is 1.88 bits per heavy atom. The standard InChI is InChI=1S/C19H12IN3O2/c20-14-8-6-12(7-9-14)18(24)22-15-4-1-3-13(11-15)19-23-17-16(25-19)5-2-10-21-17/h1-11H,(H,22,24). The molecule has 4 rings (SSSR count). The maximum atomic E-state index is 12.4. The van der Waals surface area contributed by atoms with E-state index in [1.165, 1.54) is 0 Å². The van der Waals surface area contributed by atoms with E-state index in [0.717, 1.165) is 9.13 Å². The van der Waals surface area contributed by atoms with Gasteiger partial charge in [-0.3, -0.25) is 4.79 Å². The second kappa shape index (κ2) is 6.64. The molecule has 1 N–H and O–H groups in total. The molecule has 2 aromatic heterocycles. The summed E-state index contributed by atoms with van der Waals surface area (Å²) in [6.07, 6.45) is 1.67. The van der Waals surface area contributed by atoms with Crippen LogP contribution in [-0.2, 0) is 0 Å². The lowest BCUT2D eigenvalue weighted by molar-refractivity contribution is 0.102. The largest absolute Gasteiger partial charge is 0.434 e. The Labute approximate surface area is 157 Å². The van der Waals surface area contributed by atoms with Crippen molar-refractivity contribution >= 4 is 45.4 Å². The summed E-state index contributed by atoms with van der Waals surface area (Å²) in [6.45, 7) is 0. The predicted molar refractivity (Wildman–Crippen MR) is 104 cm³/mol. The van der Waals surface area contributed by atoms with Gasteiger partial charge in [0.1, 0.15) is 0 Å². The zero-order valence-electron chi connectivity index (χ0n) is 12.9. The van der Waals surface area contributed by atoms with Gasteiger partial charge in [-0.25, -0.2) is 4.98 Å². The van der Waals surface area contributed by atoms with Crippen LogP contribution < -0.4 is 5.32 Å². The number of nitrogens with one attached hydrogen (secondary N) is 1. The van der Waals surface area contributed by atoms with Gasteiger partial charge in [-0.15, -0.1) is 0 Å². The first-order chi connectivity index (χ1) is 12.2. The summed E-state index contributed by atoms with van der Waals surface area (Å²) in [4.78, 5) is 20.9. The van der Waals surface area contributed by atoms with Gasteiger partial charge in [0.15, 0.2) is 11.2 Å². The monoisotopic (exact) mass is 441 g/mol. The smallest absolute Gasteiger partial charge is 0.255 e. The Hall–Kier alpha value is -2.74. The third kappa shape index (κ3) is 3.39. The van der Waals surface area contributed by atoms with Crippen molar-refractivity contribution in [3.05, 3.63) is 76.0 Å². The van der Waals surface area contributed by atoms with Crippen LogP contribution in [0.2, 0.25) is 0 Å². The average Bonchev–Trinajstić information content (AvgIpc) is 3.07. The van der Waals surface area contributed by atoms with Gasteiger partial charge in [0, 0.05) is 26.6 Å². The molecule has 0 bridgehead atoms. The predicted octanol–water partition coefficient (Wildman–Crippen LogP) is 4.75. The highest BCUT2D eigenvalue weighted by atomic mass is 127. The van der Waals surface area contributed by atoms with E-state index in [4.69, 9.17) is 4.42 Å². The van der Waals surface area contributed by atoms with E-state index in [9.17, 15) is 4.79 Å². The lowest BCUT2D eigenvalue weighted by atomic mass is 10.1. The number of benzene rings is 2. The fourth-order valence-corrected chi connectivity index (χ4v) is 2.79. The maximum absolute atomic E-state index is 12.4. The first-order valence-corrected chi connectivity index (χ1v) is 8.66. The zero-order chi connectivity index (χ0) is 17.2. The molecule has 0 fully saturated rings. The molecule has 0 aliphatic carbocycles. The van der Waals surface area contributed by atoms with Crippen LogP contribution in [0.25, 0.3) is 22.7 Å². The van der Waals surface area contributed by atoms with Crippen molar-refractivity contribution in [3.63, 3.8) is 0 Å². The fraction of sp³-hybridized carbons (Fsp3) is 0. The van der Waals surface area contributed by atoms with Crippen molar-refractivity contribution in [3.8, 4) is 11.5 Å². The number of carbonyl (C=O) groups excluding carboxylic acids is 1. The summed E-state index contributed by atoms with van der Waals surface area (Å²) in [7, 11) is 0. The molecule has 0 aliphatic rings. The summed E-state index contributed by atoms with van der Waals surface area (Å²) in [5.74, 6) is 0.312. The Balaban J connectivity index is 1.60. The van der Waals surface area contributed by atoms with Gasteiger partial charge in [-0.1, -0.05) is 6.07 Å². The van der Waals surface area contributed by atoms with Crippen molar-refractivity contribution in [2.45, 2.75) is 0 Å². The summed E-state index contributed by atoms with van der Waals surface area (Å²) in [6, 6.07) is 18.4. The van der Waals surface area contributed by atoms with Crippen molar-refractivity contribution in [1.82, 2.24) is 9.97 Å². The molecule has 2 aromatic carbocycles. The van der Waals surface area contributed by atoms with Crippen LogP contribution in [0.5, 0.6) is 0 Å². The van der Waals surface area contributed by atoms with Crippen molar-refractivity contribution in [2.24, 2.45) is 0 Å². The van der Waals surface area contributed by atoms with E-state index in [1.54, 1.807) is 24.4 Å². The molecule has 0 saturated carbocycles. The maximum Gasteiger partial charge on any atom is 0.255 e. The molecule has 0 aliphatic heterocycles. The molecule has 25 heavy (non-hydrogen) atoms. The van der Waals surface area contributed by atoms with Crippen LogP contribution in [0, 0.1) is 3.57 Å². The normalized spacial score (nSPS) is 10.8. The highest BCUT2D eigenvalue weighted by Gasteiger charge is 2.11. The molecule has 2 heterocycles. The quantitative estimate of drug-likeness (QED) is 0.466. The number of halogens is 1. The van der Waals surface area contributed by atoms with Crippen molar-refractivity contribution in [1.29, 1.82) is 0 Å². The second-order valence-electron chi connectivity index (χ2n) is 5.39. The van der Waals surface area contributed by atoms with Crippen LogP contribution in [0.3, 0.4) is 0 Å². The number of oxazole rings is 1. The van der Waals surface area contributed by atoms with Crippen LogP contribution in [0.4, 0.5) is 5.69 Å². The van der Waals surface area contributed by atoms with E-state index in [2.05, 4.69) is 37.9 Å². The average molecular weight is 441 g/mol. The number of amides is 1. The minimum Gasteiger partial charge on any atom is -0.434 e. The van der Waals surface area contributed by atoms with E-state index >= 15 is 0 Å². The molecule has 0 saturated heterocycles. The van der Waals surface area contributed by atoms with Gasteiger partial charge in [0.25, 0.3) is 5.91 Å². The van der Waals surface area contributed by atoms with E-state index in [0.29, 0.717) is 28.4 Å². The van der Waals surface area contributed by atoms with Gasteiger partial charge >= 0.3 is 0 Å². The lowest BCUT2D eigenvalue weighted by Crippen LogP contribution is -2.11. The minimum atomic E-state index is -0.159. The molecule has 0 unspecified atom stereocenters. The zero-order valence-corrected chi connectivity index (χ0v) is 15.1. The van der Waals surface area contributed by atoms with Crippen molar-refractivity contribution in [2.75, 3.05) is 5.32 Å². The lowest BCUT2D eigenvalue weighted by Gasteiger charge is -2.06. The topological polar surface area (TPSA) is 68.0 Å². The fourth-order valence-electron chi connectivity index (χ4n) is 2.43. The van der Waals surface area contributed by atoms with E-state index < -0.39 is 0 Å². The van der Waals surface area contributed by atoms with Gasteiger partial charge in [0.2, 0.25) is 5.89 Å². The second-order valence-corrected chi connectivity index (χ2v) is 6.63. The van der Waals surface area contributed by atoms with Gasteiger partial charge in [0.05, 0.1) is 0 Å². The SMILES string of the molecule is O=C(Nc1cccc(-c2nc3ncccc3o2)c1)c1ccc(I)cc1. The summed E-state index contributed by atoms with van der Waals surface area (Å²) >= 11 is 2.21. The Morgan fingerprint density at radius 3 is 2.68 bits per heavy atom. The molecule has 1 amide bonds. The third-order valence-electron chi connectivity index (χ3n) is 3.64. The molecule has 0 spiro atoms. The van der Waals surface area contributed by atoms with Gasteiger partial charge in [-0.2, -0.15) is 4.98 Å². The van der Waals surface area contributed by atoms with E-state index in [1.807, 2.05) is 42.5 Å². The van der Waals surface area contributed by atoms with E-state index in [-0.39, 0.29) is 5.91 Å². The van der Waals surface area contributed by atoms with Gasteiger partial charge < -0.3 is 9.73 Å². The van der Waals surface area contributed by atoms with Crippen LogP contribution in [0.1, 0.15) is 10.4 Å². The molecule has 4 aromatic rings. The molecular formula is C19H12IN3O2. The number of hydrogen-bond acceptors (Lipinski definition) is 4. The Morgan fingerprint density at radius 1 is 1.04 bits per heavy atom. The number of aromatic nitrogens is 2. The summed E-state index contributed by atoms with van der Waals surface area (Å²) in [5.41, 5.74) is 3.25. The number of pyridine rings is 1. The highest BCUT2D eigenvalue weighted by Crippen LogP contribution is 2.25. The number of carbonyl (C=O) groups is 1. The Bertz CT molecular complexity index is 1020. The number of rotatable bonds is 3. The number of fused-ring (bicyclic) bond motifs is 1. The van der Waals surface area contributed by atoms with Crippen LogP contribution >= 0.6 is 22.6 Å². The minimum absolute atomic E-state index is 0.159. The van der Waals surface area contributed by atoms with Gasteiger partial charge in [-0.05, 0) is 77.2 Å². The molecule has 0 atom stereocenters. The molecule has 122 valence electrons. The van der Waals surface area contributed by atoms with Crippen molar-refractivity contribution < 1.29 is 9.21 Å². The first-order valence-electron chi connectivity index (χ1n) is 7.58. The number of hydrogen-bond donors (Lipinski definition) is 1. The first kappa shape index (κ1) is 15.8. The number of nitrogens with zero attached hydrogens (tertiary/aromatic N) is 2. The van der Waals surface area contributed by atoms with Crippen LogP contribution in [0.15, 0.2) is 71.3 Å². The summed E-state index contributed by atoms with van der Waals surface area (Å²) < 4.78 is 6.81. The molecule has 6 heteroatoms. The molecular weight excluding hydrogens is 429 g/mol. The summed E-state index contributed by atoms with van der Waals surface area (Å²) in [5, 5.41) is 2.90. The Kier molecular flexibility index (Phi) is 4.19. The highest BCUT2D eigenvalue weighted by molar-refractivity contribution is 14.1. The molecule has 5 nitrogen and oxygen atoms in total. The molecule has 0 radical (unpaired) electrons. The number of anilines is 1. The van der Waals surface area contributed by atoms with Crippen LogP contribution in [-0.4, -0.2) is 15.9 Å². The third-order valence-corrected chi connectivity index (χ3v) is 4.36.